The van der Waals surface area contributed by atoms with E-state index in [0.717, 1.165) is 0 Å². The van der Waals surface area contributed by atoms with E-state index in [1.54, 1.807) is 24.3 Å². The SMILES string of the molecule is CN(CCC(F)(F)F)CC(O)c1ccc(C#N)cc1. The second-order valence-corrected chi connectivity index (χ2v) is 4.38. The lowest BCUT2D eigenvalue weighted by Crippen LogP contribution is -2.28. The van der Waals surface area contributed by atoms with E-state index >= 15 is 0 Å². The third-order valence-electron chi connectivity index (χ3n) is 2.69. The number of aliphatic hydroxyl groups excluding tert-OH is 1. The lowest BCUT2D eigenvalue weighted by atomic mass is 10.1. The van der Waals surface area contributed by atoms with Crippen LogP contribution in [0.3, 0.4) is 0 Å². The summed E-state index contributed by atoms with van der Waals surface area (Å²) in [6.07, 6.45) is -5.96. The van der Waals surface area contributed by atoms with Crippen molar-refractivity contribution in [2.45, 2.75) is 18.7 Å². The van der Waals surface area contributed by atoms with Crippen LogP contribution in [0.15, 0.2) is 24.3 Å². The van der Waals surface area contributed by atoms with Crippen LogP contribution in [0.25, 0.3) is 0 Å². The van der Waals surface area contributed by atoms with Gasteiger partial charge in [0.15, 0.2) is 0 Å². The number of nitrogens with zero attached hydrogens (tertiary/aromatic N) is 2. The van der Waals surface area contributed by atoms with E-state index in [1.165, 1.54) is 11.9 Å². The Kier molecular flexibility index (Phi) is 5.33. The van der Waals surface area contributed by atoms with Crippen molar-refractivity contribution in [2.75, 3.05) is 20.1 Å². The molecule has 0 saturated heterocycles. The standard InChI is InChI=1S/C13H15F3N2O/c1-18(7-6-13(14,15)16)9-12(19)11-4-2-10(8-17)3-5-11/h2-5,12,19H,6-7,9H2,1H3. The van der Waals surface area contributed by atoms with Crippen LogP contribution in [0.5, 0.6) is 0 Å². The molecule has 1 atom stereocenters. The number of rotatable bonds is 5. The Morgan fingerprint density at radius 2 is 1.89 bits per heavy atom. The summed E-state index contributed by atoms with van der Waals surface area (Å²) < 4.78 is 36.1. The van der Waals surface area contributed by atoms with Gasteiger partial charge in [-0.2, -0.15) is 18.4 Å². The highest BCUT2D eigenvalue weighted by atomic mass is 19.4. The smallest absolute Gasteiger partial charge is 0.387 e. The van der Waals surface area contributed by atoms with Crippen molar-refractivity contribution in [3.05, 3.63) is 35.4 Å². The summed E-state index contributed by atoms with van der Waals surface area (Å²) in [6, 6.07) is 8.28. The van der Waals surface area contributed by atoms with Gasteiger partial charge in [0.2, 0.25) is 0 Å². The van der Waals surface area contributed by atoms with Crippen molar-refractivity contribution < 1.29 is 18.3 Å². The first-order valence-electron chi connectivity index (χ1n) is 5.75. The topological polar surface area (TPSA) is 47.3 Å². The average molecular weight is 272 g/mol. The summed E-state index contributed by atoms with van der Waals surface area (Å²) >= 11 is 0. The lowest BCUT2D eigenvalue weighted by Gasteiger charge is -2.21. The molecule has 0 amide bonds. The van der Waals surface area contributed by atoms with E-state index in [4.69, 9.17) is 5.26 Å². The second-order valence-electron chi connectivity index (χ2n) is 4.38. The van der Waals surface area contributed by atoms with Gasteiger partial charge in [0.25, 0.3) is 0 Å². The zero-order valence-corrected chi connectivity index (χ0v) is 10.5. The summed E-state index contributed by atoms with van der Waals surface area (Å²) in [5.41, 5.74) is 1.05. The molecule has 0 spiro atoms. The van der Waals surface area contributed by atoms with Crippen molar-refractivity contribution in [3.8, 4) is 6.07 Å². The molecule has 1 aromatic carbocycles. The Morgan fingerprint density at radius 1 is 1.32 bits per heavy atom. The number of likely N-dealkylation sites (N-methyl/N-ethyl adjacent to an activating group) is 1. The van der Waals surface area contributed by atoms with Gasteiger partial charge in [0.05, 0.1) is 24.2 Å². The Bertz CT molecular complexity index is 437. The van der Waals surface area contributed by atoms with Crippen LogP contribution in [-0.2, 0) is 0 Å². The lowest BCUT2D eigenvalue weighted by molar-refractivity contribution is -0.137. The molecular formula is C13H15F3N2O. The van der Waals surface area contributed by atoms with Gasteiger partial charge >= 0.3 is 6.18 Å². The molecule has 1 N–H and O–H groups in total. The van der Waals surface area contributed by atoms with Gasteiger partial charge in [0.1, 0.15) is 0 Å². The van der Waals surface area contributed by atoms with Crippen LogP contribution in [0, 0.1) is 11.3 Å². The highest BCUT2D eigenvalue weighted by Gasteiger charge is 2.27. The highest BCUT2D eigenvalue weighted by molar-refractivity contribution is 5.32. The highest BCUT2D eigenvalue weighted by Crippen LogP contribution is 2.20. The molecule has 0 saturated carbocycles. The van der Waals surface area contributed by atoms with E-state index < -0.39 is 18.7 Å². The molecule has 0 heterocycles. The van der Waals surface area contributed by atoms with E-state index in [1.807, 2.05) is 6.07 Å². The molecule has 1 unspecified atom stereocenters. The van der Waals surface area contributed by atoms with Gasteiger partial charge in [-0.15, -0.1) is 0 Å². The summed E-state index contributed by atoms with van der Waals surface area (Å²) in [5, 5.41) is 18.5. The number of alkyl halides is 3. The fraction of sp³-hybridized carbons (Fsp3) is 0.462. The minimum atomic E-state index is -4.19. The minimum Gasteiger partial charge on any atom is -0.387 e. The zero-order chi connectivity index (χ0) is 14.5. The van der Waals surface area contributed by atoms with Crippen LogP contribution in [0.2, 0.25) is 0 Å². The Labute approximate surface area is 109 Å². The maximum Gasteiger partial charge on any atom is 0.390 e. The summed E-state index contributed by atoms with van der Waals surface area (Å²) in [7, 11) is 1.53. The Hall–Kier alpha value is -1.58. The molecular weight excluding hydrogens is 257 g/mol. The maximum absolute atomic E-state index is 12.0. The molecule has 1 aromatic rings. The molecule has 1 rings (SSSR count). The fourth-order valence-electron chi connectivity index (χ4n) is 1.59. The Morgan fingerprint density at radius 3 is 2.37 bits per heavy atom. The van der Waals surface area contributed by atoms with Gasteiger partial charge in [-0.1, -0.05) is 12.1 Å². The fourth-order valence-corrected chi connectivity index (χ4v) is 1.59. The summed E-state index contributed by atoms with van der Waals surface area (Å²) in [5.74, 6) is 0. The number of aliphatic hydroxyl groups is 1. The Balaban J connectivity index is 2.49. The molecule has 104 valence electrons. The van der Waals surface area contributed by atoms with Crippen molar-refractivity contribution in [3.63, 3.8) is 0 Å². The van der Waals surface area contributed by atoms with Crippen LogP contribution < -0.4 is 0 Å². The van der Waals surface area contributed by atoms with Crippen LogP contribution in [0.4, 0.5) is 13.2 Å². The summed E-state index contributed by atoms with van der Waals surface area (Å²) in [6.45, 7) is -0.0428. The van der Waals surface area contributed by atoms with Crippen LogP contribution in [-0.4, -0.2) is 36.3 Å². The first-order chi connectivity index (χ1) is 8.81. The molecule has 0 aliphatic carbocycles. The molecule has 0 aliphatic rings. The molecule has 6 heteroatoms. The maximum atomic E-state index is 12.0. The largest absolute Gasteiger partial charge is 0.390 e. The molecule has 3 nitrogen and oxygen atoms in total. The quantitative estimate of drug-likeness (QED) is 0.895. The minimum absolute atomic E-state index is 0.113. The normalized spacial score (nSPS) is 13.3. The predicted octanol–water partition coefficient (Wildman–Crippen LogP) is 2.48. The van der Waals surface area contributed by atoms with Gasteiger partial charge in [-0.25, -0.2) is 0 Å². The third-order valence-corrected chi connectivity index (χ3v) is 2.69. The monoisotopic (exact) mass is 272 g/mol. The van der Waals surface area contributed by atoms with Gasteiger partial charge in [-0.3, -0.25) is 0 Å². The second kappa shape index (κ2) is 6.55. The van der Waals surface area contributed by atoms with Gasteiger partial charge in [0, 0.05) is 13.1 Å². The van der Waals surface area contributed by atoms with Crippen molar-refractivity contribution >= 4 is 0 Å². The number of halogens is 3. The molecule has 0 fully saturated rings. The van der Waals surface area contributed by atoms with E-state index in [-0.39, 0.29) is 13.1 Å². The molecule has 0 aliphatic heterocycles. The van der Waals surface area contributed by atoms with Crippen molar-refractivity contribution in [1.29, 1.82) is 5.26 Å². The molecule has 0 bridgehead atoms. The number of hydrogen-bond donors (Lipinski definition) is 1. The van der Waals surface area contributed by atoms with Gasteiger partial charge in [-0.05, 0) is 24.7 Å². The molecule has 0 radical (unpaired) electrons. The molecule has 19 heavy (non-hydrogen) atoms. The van der Waals surface area contributed by atoms with E-state index in [9.17, 15) is 18.3 Å². The first-order valence-corrected chi connectivity index (χ1v) is 5.75. The zero-order valence-electron chi connectivity index (χ0n) is 10.5. The van der Waals surface area contributed by atoms with Crippen LogP contribution in [0.1, 0.15) is 23.7 Å². The predicted molar refractivity (Wildman–Crippen MR) is 64.3 cm³/mol. The number of hydrogen-bond acceptors (Lipinski definition) is 3. The number of nitriles is 1. The molecule has 0 aromatic heterocycles. The van der Waals surface area contributed by atoms with E-state index in [2.05, 4.69) is 0 Å². The van der Waals surface area contributed by atoms with Crippen LogP contribution >= 0.6 is 0 Å². The van der Waals surface area contributed by atoms with Crippen molar-refractivity contribution in [1.82, 2.24) is 4.90 Å². The average Bonchev–Trinajstić information content (AvgIpc) is 2.35. The third kappa shape index (κ3) is 5.73. The summed E-state index contributed by atoms with van der Waals surface area (Å²) in [4.78, 5) is 1.43. The van der Waals surface area contributed by atoms with Gasteiger partial charge < -0.3 is 10.0 Å². The number of benzene rings is 1. The first kappa shape index (κ1) is 15.5. The van der Waals surface area contributed by atoms with Crippen molar-refractivity contribution in [2.24, 2.45) is 0 Å². The van der Waals surface area contributed by atoms with E-state index in [0.29, 0.717) is 11.1 Å².